The molecule has 0 saturated heterocycles. The summed E-state index contributed by atoms with van der Waals surface area (Å²) >= 11 is 0. The predicted molar refractivity (Wildman–Crippen MR) is 187 cm³/mol. The van der Waals surface area contributed by atoms with Crippen LogP contribution in [0.25, 0.3) is 99.1 Å². The molecule has 3 heterocycles. The van der Waals surface area contributed by atoms with E-state index < -0.39 is 0 Å². The summed E-state index contributed by atoms with van der Waals surface area (Å²) in [6, 6.07) is 51.6. The molecule has 0 aliphatic carbocycles. The van der Waals surface area contributed by atoms with Gasteiger partial charge in [0.25, 0.3) is 0 Å². The second-order valence-corrected chi connectivity index (χ2v) is 11.8. The molecular weight excluding hydrogens is 550 g/mol. The van der Waals surface area contributed by atoms with Gasteiger partial charge < -0.3 is 13.8 Å². The first-order valence-corrected chi connectivity index (χ1v) is 15.3. The molecule has 0 atom stereocenters. The quantitative estimate of drug-likeness (QED) is 0.228. The van der Waals surface area contributed by atoms with Gasteiger partial charge in [0, 0.05) is 43.4 Å². The zero-order chi connectivity index (χ0) is 29.5. The minimum absolute atomic E-state index is 0.913. The highest BCUT2D eigenvalue weighted by Gasteiger charge is 2.14. The number of benzene rings is 7. The molecule has 0 spiro atoms. The van der Waals surface area contributed by atoms with Crippen LogP contribution < -0.4 is 0 Å². The number of para-hydroxylation sites is 2. The number of aromatic amines is 1. The Morgan fingerprint density at radius 2 is 0.844 bits per heavy atom. The number of aromatic nitrogens is 1. The summed E-state index contributed by atoms with van der Waals surface area (Å²) in [5, 5.41) is 7.03. The Hall–Kier alpha value is -6.06. The van der Waals surface area contributed by atoms with E-state index in [-0.39, 0.29) is 0 Å². The smallest absolute Gasteiger partial charge is 0.136 e. The second-order valence-electron chi connectivity index (χ2n) is 11.8. The average molecular weight is 576 g/mol. The maximum absolute atomic E-state index is 6.18. The molecule has 0 bridgehead atoms. The summed E-state index contributed by atoms with van der Waals surface area (Å²) in [5.74, 6) is 0. The van der Waals surface area contributed by atoms with Crippen LogP contribution in [-0.2, 0) is 0 Å². The van der Waals surface area contributed by atoms with Gasteiger partial charge in [0.2, 0.25) is 0 Å². The number of hydrogen-bond donors (Lipinski definition) is 1. The van der Waals surface area contributed by atoms with Gasteiger partial charge in [0.15, 0.2) is 0 Å². The van der Waals surface area contributed by atoms with Gasteiger partial charge in [-0.15, -0.1) is 0 Å². The van der Waals surface area contributed by atoms with Crippen molar-refractivity contribution in [2.75, 3.05) is 0 Å². The molecule has 0 aliphatic rings. The molecule has 3 heteroatoms. The molecule has 10 rings (SSSR count). The van der Waals surface area contributed by atoms with Crippen molar-refractivity contribution in [2.24, 2.45) is 0 Å². The standard InChI is InChI=1S/C42H25NO2/c1-3-9-38-31(6-1)35-23-28(18-21-40(35)44-38)26-14-12-25(13-15-26)27-16-19-36-33(22-27)34-24-29(17-20-37(34)43-36)30-8-5-11-41-42(30)32-7-2-4-10-39(32)45-41/h1-24,43H. The minimum Gasteiger partial charge on any atom is -0.456 e. The van der Waals surface area contributed by atoms with Gasteiger partial charge in [-0.1, -0.05) is 91.0 Å². The minimum atomic E-state index is 0.913. The Bertz CT molecular complexity index is 2760. The zero-order valence-electron chi connectivity index (χ0n) is 24.2. The first-order chi connectivity index (χ1) is 22.3. The lowest BCUT2D eigenvalue weighted by atomic mass is 9.96. The molecule has 0 fully saturated rings. The molecule has 10 aromatic rings. The van der Waals surface area contributed by atoms with Crippen molar-refractivity contribution < 1.29 is 8.83 Å². The molecular formula is C42H25NO2. The molecule has 210 valence electrons. The highest BCUT2D eigenvalue weighted by atomic mass is 16.3. The molecule has 1 N–H and O–H groups in total. The molecule has 3 nitrogen and oxygen atoms in total. The molecule has 0 unspecified atom stereocenters. The maximum atomic E-state index is 6.18. The summed E-state index contributed by atoms with van der Waals surface area (Å²) < 4.78 is 12.2. The highest BCUT2D eigenvalue weighted by Crippen LogP contribution is 2.39. The summed E-state index contributed by atoms with van der Waals surface area (Å²) in [4.78, 5) is 3.63. The molecule has 0 saturated carbocycles. The predicted octanol–water partition coefficient (Wildman–Crippen LogP) is 12.1. The van der Waals surface area contributed by atoms with E-state index in [0.717, 1.165) is 54.9 Å². The van der Waals surface area contributed by atoms with Crippen LogP contribution in [0.2, 0.25) is 0 Å². The van der Waals surface area contributed by atoms with E-state index in [1.807, 2.05) is 24.3 Å². The van der Waals surface area contributed by atoms with Gasteiger partial charge in [0.05, 0.1) is 0 Å². The van der Waals surface area contributed by atoms with Crippen molar-refractivity contribution in [3.8, 4) is 33.4 Å². The number of nitrogens with one attached hydrogen (secondary N) is 1. The third kappa shape index (κ3) is 3.71. The summed E-state index contributed by atoms with van der Waals surface area (Å²) in [7, 11) is 0. The summed E-state index contributed by atoms with van der Waals surface area (Å²) in [5.41, 5.74) is 13.0. The molecule has 0 radical (unpaired) electrons. The van der Waals surface area contributed by atoms with E-state index in [2.05, 4.69) is 126 Å². The SMILES string of the molecule is c1ccc2c(c1)oc1ccc(-c3ccc(-c4ccc5[nH]c6ccc(-c7cccc8oc9ccccc9c78)cc6c5c4)cc3)cc12. The normalized spacial score (nSPS) is 12.0. The largest absolute Gasteiger partial charge is 0.456 e. The Kier molecular flexibility index (Phi) is 5.00. The first-order valence-electron chi connectivity index (χ1n) is 15.3. The number of fused-ring (bicyclic) bond motifs is 9. The number of furan rings is 2. The van der Waals surface area contributed by atoms with Gasteiger partial charge >= 0.3 is 0 Å². The van der Waals surface area contributed by atoms with Crippen LogP contribution in [0.1, 0.15) is 0 Å². The van der Waals surface area contributed by atoms with Crippen molar-refractivity contribution in [1.82, 2.24) is 4.98 Å². The topological polar surface area (TPSA) is 42.1 Å². The van der Waals surface area contributed by atoms with Gasteiger partial charge in [-0.05, 0) is 88.0 Å². The van der Waals surface area contributed by atoms with E-state index in [1.165, 1.54) is 44.2 Å². The van der Waals surface area contributed by atoms with Crippen LogP contribution in [-0.4, -0.2) is 4.98 Å². The number of H-pyrrole nitrogens is 1. The first kappa shape index (κ1) is 24.4. The average Bonchev–Trinajstić information content (AvgIpc) is 3.78. The fraction of sp³-hybridized carbons (Fsp3) is 0. The van der Waals surface area contributed by atoms with Crippen LogP contribution in [0.15, 0.2) is 154 Å². The molecule has 0 amide bonds. The third-order valence-electron chi connectivity index (χ3n) is 9.24. The third-order valence-corrected chi connectivity index (χ3v) is 9.24. The van der Waals surface area contributed by atoms with Crippen LogP contribution in [0.3, 0.4) is 0 Å². The van der Waals surface area contributed by atoms with Gasteiger partial charge in [-0.3, -0.25) is 0 Å². The van der Waals surface area contributed by atoms with Crippen molar-refractivity contribution in [1.29, 1.82) is 0 Å². The van der Waals surface area contributed by atoms with Crippen LogP contribution in [0.5, 0.6) is 0 Å². The van der Waals surface area contributed by atoms with E-state index in [1.54, 1.807) is 0 Å². The van der Waals surface area contributed by atoms with E-state index in [9.17, 15) is 0 Å². The highest BCUT2D eigenvalue weighted by molar-refractivity contribution is 6.15. The van der Waals surface area contributed by atoms with E-state index >= 15 is 0 Å². The van der Waals surface area contributed by atoms with Crippen LogP contribution in [0, 0.1) is 0 Å². The number of hydrogen-bond acceptors (Lipinski definition) is 2. The van der Waals surface area contributed by atoms with Gasteiger partial charge in [-0.2, -0.15) is 0 Å². The summed E-state index contributed by atoms with van der Waals surface area (Å²) in [6.45, 7) is 0. The fourth-order valence-corrected chi connectivity index (χ4v) is 7.02. The monoisotopic (exact) mass is 575 g/mol. The zero-order valence-corrected chi connectivity index (χ0v) is 24.2. The molecule has 7 aromatic carbocycles. The van der Waals surface area contributed by atoms with Crippen molar-refractivity contribution in [3.05, 3.63) is 146 Å². The van der Waals surface area contributed by atoms with Gasteiger partial charge in [0.1, 0.15) is 22.3 Å². The van der Waals surface area contributed by atoms with E-state index in [4.69, 9.17) is 8.83 Å². The lowest BCUT2D eigenvalue weighted by Gasteiger charge is -2.07. The van der Waals surface area contributed by atoms with Crippen LogP contribution >= 0.6 is 0 Å². The van der Waals surface area contributed by atoms with Gasteiger partial charge in [-0.25, -0.2) is 0 Å². The Morgan fingerprint density at radius 3 is 1.60 bits per heavy atom. The summed E-state index contributed by atoms with van der Waals surface area (Å²) in [6.07, 6.45) is 0. The van der Waals surface area contributed by atoms with Crippen molar-refractivity contribution >= 4 is 65.7 Å². The second kappa shape index (κ2) is 9.22. The Balaban J connectivity index is 1.05. The van der Waals surface area contributed by atoms with Crippen molar-refractivity contribution in [2.45, 2.75) is 0 Å². The van der Waals surface area contributed by atoms with Crippen molar-refractivity contribution in [3.63, 3.8) is 0 Å². The van der Waals surface area contributed by atoms with Crippen LogP contribution in [0.4, 0.5) is 0 Å². The molecule has 0 aliphatic heterocycles. The Morgan fingerprint density at radius 1 is 0.333 bits per heavy atom. The molecule has 3 aromatic heterocycles. The lowest BCUT2D eigenvalue weighted by molar-refractivity contribution is 0.668. The van der Waals surface area contributed by atoms with E-state index in [0.29, 0.717) is 0 Å². The molecule has 45 heavy (non-hydrogen) atoms. The fourth-order valence-electron chi connectivity index (χ4n) is 7.02. The maximum Gasteiger partial charge on any atom is 0.136 e. The Labute approximate surface area is 257 Å². The lowest BCUT2D eigenvalue weighted by Crippen LogP contribution is -1.81. The number of rotatable bonds is 3.